The Balaban J connectivity index is 1.67. The summed E-state index contributed by atoms with van der Waals surface area (Å²) >= 11 is 0. The van der Waals surface area contributed by atoms with E-state index >= 15 is 0 Å². The molecule has 3 rings (SSSR count). The fourth-order valence-electron chi connectivity index (χ4n) is 3.31. The second-order valence-corrected chi connectivity index (χ2v) is 6.39. The topological polar surface area (TPSA) is 24.5 Å². The van der Waals surface area contributed by atoms with Crippen molar-refractivity contribution in [2.45, 2.75) is 44.7 Å². The maximum absolute atomic E-state index is 5.63. The zero-order valence-corrected chi connectivity index (χ0v) is 12.5. The molecule has 1 aromatic carbocycles. The lowest BCUT2D eigenvalue weighted by atomic mass is 9.94. The van der Waals surface area contributed by atoms with Crippen molar-refractivity contribution in [3.05, 3.63) is 29.8 Å². The van der Waals surface area contributed by atoms with Crippen LogP contribution in [0.15, 0.2) is 24.3 Å². The Morgan fingerprint density at radius 1 is 1.20 bits per heavy atom. The molecule has 3 heteroatoms. The number of rotatable bonds is 4. The number of nitrogens with zero attached hydrogens (tertiary/aromatic N) is 1. The molecule has 0 radical (unpaired) electrons. The summed E-state index contributed by atoms with van der Waals surface area (Å²) in [6.07, 6.45) is 5.02. The van der Waals surface area contributed by atoms with Crippen molar-refractivity contribution in [2.24, 2.45) is 0 Å². The molecule has 0 saturated carbocycles. The van der Waals surface area contributed by atoms with E-state index in [1.54, 1.807) is 0 Å². The number of hydrogen-bond acceptors (Lipinski definition) is 3. The molecule has 2 heterocycles. The largest absolute Gasteiger partial charge is 0.380 e. The van der Waals surface area contributed by atoms with Crippen LogP contribution in [0.5, 0.6) is 0 Å². The maximum Gasteiger partial charge on any atom is 0.0645 e. The Hall–Kier alpha value is -1.06. The van der Waals surface area contributed by atoms with Gasteiger partial charge in [0.05, 0.1) is 6.61 Å². The molecular weight excluding hydrogens is 248 g/mol. The van der Waals surface area contributed by atoms with Gasteiger partial charge in [0.15, 0.2) is 0 Å². The van der Waals surface area contributed by atoms with E-state index in [-0.39, 0.29) is 5.54 Å². The lowest BCUT2D eigenvalue weighted by Gasteiger charge is -2.35. The van der Waals surface area contributed by atoms with Crippen LogP contribution < -0.4 is 10.2 Å². The Kier molecular flexibility index (Phi) is 4.27. The first-order valence-corrected chi connectivity index (χ1v) is 7.92. The highest BCUT2D eigenvalue weighted by Gasteiger charge is 2.27. The summed E-state index contributed by atoms with van der Waals surface area (Å²) in [5, 5.41) is 3.73. The van der Waals surface area contributed by atoms with Gasteiger partial charge in [0.2, 0.25) is 0 Å². The van der Waals surface area contributed by atoms with E-state index in [2.05, 4.69) is 41.4 Å². The SMILES string of the molecule is CC1(NCc2ccccc2N2CCCC2)CCCOC1. The number of ether oxygens (including phenoxy) is 1. The third kappa shape index (κ3) is 3.15. The molecule has 2 fully saturated rings. The van der Waals surface area contributed by atoms with Crippen LogP contribution in [0.25, 0.3) is 0 Å². The molecule has 0 bridgehead atoms. The standard InChI is InChI=1S/C17H26N2O/c1-17(9-6-12-20-14-17)18-13-15-7-2-3-8-16(15)19-10-4-5-11-19/h2-3,7-8,18H,4-6,9-14H2,1H3. The van der Waals surface area contributed by atoms with Crippen LogP contribution in [-0.4, -0.2) is 31.8 Å². The molecule has 20 heavy (non-hydrogen) atoms. The van der Waals surface area contributed by atoms with Crippen LogP contribution in [0, 0.1) is 0 Å². The highest BCUT2D eigenvalue weighted by atomic mass is 16.5. The summed E-state index contributed by atoms with van der Waals surface area (Å²) < 4.78 is 5.63. The van der Waals surface area contributed by atoms with E-state index in [4.69, 9.17) is 4.74 Å². The molecular formula is C17H26N2O. The smallest absolute Gasteiger partial charge is 0.0645 e. The molecule has 0 spiro atoms. The predicted octanol–water partition coefficient (Wildman–Crippen LogP) is 2.95. The van der Waals surface area contributed by atoms with Gasteiger partial charge in [-0.2, -0.15) is 0 Å². The number of hydrogen-bond donors (Lipinski definition) is 1. The Morgan fingerprint density at radius 2 is 2.00 bits per heavy atom. The number of nitrogens with one attached hydrogen (secondary N) is 1. The fourth-order valence-corrected chi connectivity index (χ4v) is 3.31. The molecule has 0 amide bonds. The lowest BCUT2D eigenvalue weighted by Crippen LogP contribution is -2.48. The third-order valence-electron chi connectivity index (χ3n) is 4.58. The molecule has 110 valence electrons. The molecule has 2 aliphatic heterocycles. The van der Waals surface area contributed by atoms with Crippen molar-refractivity contribution in [1.82, 2.24) is 5.32 Å². The highest BCUT2D eigenvalue weighted by Crippen LogP contribution is 2.26. The van der Waals surface area contributed by atoms with Crippen LogP contribution in [0.4, 0.5) is 5.69 Å². The van der Waals surface area contributed by atoms with Gasteiger partial charge >= 0.3 is 0 Å². The van der Waals surface area contributed by atoms with Gasteiger partial charge in [-0.3, -0.25) is 0 Å². The van der Waals surface area contributed by atoms with Crippen molar-refractivity contribution in [3.63, 3.8) is 0 Å². The average Bonchev–Trinajstić information content (AvgIpc) is 3.00. The van der Waals surface area contributed by atoms with E-state index in [0.717, 1.165) is 26.2 Å². The molecule has 1 N–H and O–H groups in total. The lowest BCUT2D eigenvalue weighted by molar-refractivity contribution is 0.0278. The predicted molar refractivity (Wildman–Crippen MR) is 83.2 cm³/mol. The van der Waals surface area contributed by atoms with Gasteiger partial charge in [-0.1, -0.05) is 18.2 Å². The first kappa shape index (κ1) is 13.9. The molecule has 1 aromatic rings. The second kappa shape index (κ2) is 6.15. The van der Waals surface area contributed by atoms with Gasteiger partial charge in [-0.05, 0) is 44.2 Å². The normalized spacial score (nSPS) is 26.9. The van der Waals surface area contributed by atoms with Crippen LogP contribution in [0.3, 0.4) is 0 Å². The molecule has 2 aliphatic rings. The van der Waals surface area contributed by atoms with Crippen molar-refractivity contribution in [2.75, 3.05) is 31.2 Å². The second-order valence-electron chi connectivity index (χ2n) is 6.39. The summed E-state index contributed by atoms with van der Waals surface area (Å²) in [4.78, 5) is 2.52. The first-order valence-electron chi connectivity index (χ1n) is 7.92. The minimum atomic E-state index is 0.135. The van der Waals surface area contributed by atoms with Crippen molar-refractivity contribution >= 4 is 5.69 Å². The van der Waals surface area contributed by atoms with Crippen molar-refractivity contribution in [1.29, 1.82) is 0 Å². The van der Waals surface area contributed by atoms with E-state index in [1.165, 1.54) is 43.6 Å². The van der Waals surface area contributed by atoms with E-state index in [1.807, 2.05) is 0 Å². The van der Waals surface area contributed by atoms with Crippen LogP contribution in [-0.2, 0) is 11.3 Å². The molecule has 0 aromatic heterocycles. The van der Waals surface area contributed by atoms with Gasteiger partial charge in [-0.15, -0.1) is 0 Å². The summed E-state index contributed by atoms with van der Waals surface area (Å²) in [7, 11) is 0. The van der Waals surface area contributed by atoms with Crippen LogP contribution in [0.2, 0.25) is 0 Å². The molecule has 1 unspecified atom stereocenters. The van der Waals surface area contributed by atoms with E-state index < -0.39 is 0 Å². The minimum Gasteiger partial charge on any atom is -0.380 e. The highest BCUT2D eigenvalue weighted by molar-refractivity contribution is 5.54. The summed E-state index contributed by atoms with van der Waals surface area (Å²) in [6, 6.07) is 8.83. The van der Waals surface area contributed by atoms with Gasteiger partial charge in [-0.25, -0.2) is 0 Å². The zero-order chi connectivity index (χ0) is 13.8. The molecule has 2 saturated heterocycles. The zero-order valence-electron chi connectivity index (χ0n) is 12.5. The Morgan fingerprint density at radius 3 is 2.75 bits per heavy atom. The van der Waals surface area contributed by atoms with Crippen molar-refractivity contribution < 1.29 is 4.74 Å². The number of anilines is 1. The van der Waals surface area contributed by atoms with Crippen molar-refractivity contribution in [3.8, 4) is 0 Å². The van der Waals surface area contributed by atoms with Gasteiger partial charge in [0.1, 0.15) is 0 Å². The number of para-hydroxylation sites is 1. The van der Waals surface area contributed by atoms with E-state index in [0.29, 0.717) is 0 Å². The summed E-state index contributed by atoms with van der Waals surface area (Å²) in [5.74, 6) is 0. The third-order valence-corrected chi connectivity index (χ3v) is 4.58. The van der Waals surface area contributed by atoms with Gasteiger partial charge in [0.25, 0.3) is 0 Å². The van der Waals surface area contributed by atoms with Gasteiger partial charge < -0.3 is 15.0 Å². The molecule has 3 nitrogen and oxygen atoms in total. The summed E-state index contributed by atoms with van der Waals surface area (Å²) in [6.45, 7) is 7.38. The summed E-state index contributed by atoms with van der Waals surface area (Å²) in [5.41, 5.74) is 2.97. The minimum absolute atomic E-state index is 0.135. The average molecular weight is 274 g/mol. The van der Waals surface area contributed by atoms with Gasteiger partial charge in [0, 0.05) is 37.5 Å². The first-order chi connectivity index (χ1) is 9.77. The Bertz CT molecular complexity index is 434. The number of benzene rings is 1. The Labute approximate surface area is 122 Å². The monoisotopic (exact) mass is 274 g/mol. The molecule has 0 aliphatic carbocycles. The maximum atomic E-state index is 5.63. The van der Waals surface area contributed by atoms with E-state index in [9.17, 15) is 0 Å². The molecule has 1 atom stereocenters. The van der Waals surface area contributed by atoms with Crippen LogP contribution >= 0.6 is 0 Å². The fraction of sp³-hybridized carbons (Fsp3) is 0.647. The van der Waals surface area contributed by atoms with Crippen LogP contribution in [0.1, 0.15) is 38.2 Å². The quantitative estimate of drug-likeness (QED) is 0.913.